The number of benzene rings is 1. The van der Waals surface area contributed by atoms with Crippen molar-refractivity contribution in [3.8, 4) is 0 Å². The third-order valence-corrected chi connectivity index (χ3v) is 4.05. The molecule has 1 aliphatic rings. The Hall–Kier alpha value is -1.37. The van der Waals surface area contributed by atoms with Crippen molar-refractivity contribution >= 4 is 5.78 Å². The van der Waals surface area contributed by atoms with Gasteiger partial charge >= 0.3 is 0 Å². The molecule has 17 heavy (non-hydrogen) atoms. The Balaban J connectivity index is 2.55. The standard InChI is InChI=1S/C16H20O/c1-3-13(2)16(12-8-7-11-15(16)17)14-9-5-4-6-10-14/h3-6,9-10H,7-8,11-12H2,1-2H3/b13-3+. The second kappa shape index (κ2) is 4.87. The number of hydrogen-bond acceptors (Lipinski definition) is 1. The van der Waals surface area contributed by atoms with Gasteiger partial charge in [-0.15, -0.1) is 0 Å². The van der Waals surface area contributed by atoms with Crippen molar-refractivity contribution in [3.63, 3.8) is 0 Å². The number of carbonyl (C=O) groups excluding carboxylic acids is 1. The van der Waals surface area contributed by atoms with E-state index in [-0.39, 0.29) is 5.41 Å². The Labute approximate surface area is 104 Å². The van der Waals surface area contributed by atoms with E-state index >= 15 is 0 Å². The molecule has 0 heterocycles. The molecule has 1 aliphatic carbocycles. The monoisotopic (exact) mass is 228 g/mol. The van der Waals surface area contributed by atoms with Gasteiger partial charge in [0.05, 0.1) is 5.41 Å². The van der Waals surface area contributed by atoms with Crippen molar-refractivity contribution < 1.29 is 4.79 Å². The molecule has 1 saturated carbocycles. The lowest BCUT2D eigenvalue weighted by Gasteiger charge is -2.37. The van der Waals surface area contributed by atoms with Crippen LogP contribution in [0.25, 0.3) is 0 Å². The van der Waals surface area contributed by atoms with E-state index in [4.69, 9.17) is 0 Å². The minimum Gasteiger partial charge on any atom is -0.298 e. The molecule has 0 amide bonds. The molecule has 1 atom stereocenters. The summed E-state index contributed by atoms with van der Waals surface area (Å²) in [4.78, 5) is 12.5. The number of hydrogen-bond donors (Lipinski definition) is 0. The second-order valence-corrected chi connectivity index (χ2v) is 4.87. The fourth-order valence-corrected chi connectivity index (χ4v) is 2.95. The zero-order chi connectivity index (χ0) is 12.3. The summed E-state index contributed by atoms with van der Waals surface area (Å²) in [5.41, 5.74) is 2.03. The molecule has 1 nitrogen and oxygen atoms in total. The summed E-state index contributed by atoms with van der Waals surface area (Å²) in [7, 11) is 0. The van der Waals surface area contributed by atoms with Crippen LogP contribution in [-0.4, -0.2) is 5.78 Å². The van der Waals surface area contributed by atoms with E-state index in [2.05, 4.69) is 25.1 Å². The molecule has 1 aromatic carbocycles. The molecule has 0 bridgehead atoms. The highest BCUT2D eigenvalue weighted by Gasteiger charge is 2.42. The number of allylic oxidation sites excluding steroid dienone is 2. The lowest BCUT2D eigenvalue weighted by molar-refractivity contribution is -0.125. The van der Waals surface area contributed by atoms with E-state index < -0.39 is 0 Å². The minimum atomic E-state index is -0.339. The Morgan fingerprint density at radius 2 is 1.94 bits per heavy atom. The summed E-state index contributed by atoms with van der Waals surface area (Å²) in [6.45, 7) is 4.12. The maximum Gasteiger partial charge on any atom is 0.147 e. The summed E-state index contributed by atoms with van der Waals surface area (Å²) in [5.74, 6) is 0.394. The predicted octanol–water partition coefficient (Wildman–Crippen LogP) is 4.03. The normalized spacial score (nSPS) is 26.0. The van der Waals surface area contributed by atoms with Crippen LogP contribution in [0.1, 0.15) is 45.1 Å². The third-order valence-electron chi connectivity index (χ3n) is 4.05. The van der Waals surface area contributed by atoms with Crippen LogP contribution in [0.4, 0.5) is 0 Å². The summed E-state index contributed by atoms with van der Waals surface area (Å²) in [6.07, 6.45) is 5.97. The smallest absolute Gasteiger partial charge is 0.147 e. The fourth-order valence-electron chi connectivity index (χ4n) is 2.95. The molecule has 1 aromatic rings. The Morgan fingerprint density at radius 3 is 2.53 bits per heavy atom. The highest BCUT2D eigenvalue weighted by atomic mass is 16.1. The maximum atomic E-state index is 12.5. The Kier molecular flexibility index (Phi) is 3.46. The van der Waals surface area contributed by atoms with Crippen LogP contribution in [0, 0.1) is 0 Å². The van der Waals surface area contributed by atoms with Gasteiger partial charge in [-0.1, -0.05) is 48.4 Å². The SMILES string of the molecule is C/C=C(\C)C1(c2ccccc2)CCCCC1=O. The number of ketones is 1. The molecule has 2 rings (SSSR count). The highest BCUT2D eigenvalue weighted by molar-refractivity contribution is 5.94. The first-order valence-corrected chi connectivity index (χ1v) is 6.44. The molecule has 0 aromatic heterocycles. The lowest BCUT2D eigenvalue weighted by atomic mass is 9.64. The van der Waals surface area contributed by atoms with E-state index in [0.717, 1.165) is 25.7 Å². The van der Waals surface area contributed by atoms with Gasteiger partial charge in [-0.2, -0.15) is 0 Å². The van der Waals surface area contributed by atoms with Crippen LogP contribution in [-0.2, 0) is 10.2 Å². The molecule has 0 spiro atoms. The van der Waals surface area contributed by atoms with Gasteiger partial charge in [0.25, 0.3) is 0 Å². The maximum absolute atomic E-state index is 12.5. The van der Waals surface area contributed by atoms with Crippen molar-refractivity contribution in [1.82, 2.24) is 0 Å². The molecule has 1 heteroatoms. The number of carbonyl (C=O) groups is 1. The third kappa shape index (κ3) is 1.95. The zero-order valence-corrected chi connectivity index (χ0v) is 10.7. The first-order valence-electron chi connectivity index (χ1n) is 6.44. The van der Waals surface area contributed by atoms with Crippen LogP contribution < -0.4 is 0 Å². The van der Waals surface area contributed by atoms with E-state index in [1.165, 1.54) is 11.1 Å². The van der Waals surface area contributed by atoms with Crippen molar-refractivity contribution in [2.45, 2.75) is 44.9 Å². The van der Waals surface area contributed by atoms with Crippen LogP contribution in [0.5, 0.6) is 0 Å². The average molecular weight is 228 g/mol. The summed E-state index contributed by atoms with van der Waals surface area (Å²) >= 11 is 0. The number of rotatable bonds is 2. The summed E-state index contributed by atoms with van der Waals surface area (Å²) in [5, 5.41) is 0. The van der Waals surface area contributed by atoms with E-state index in [1.54, 1.807) is 0 Å². The van der Waals surface area contributed by atoms with E-state index in [9.17, 15) is 4.79 Å². The second-order valence-electron chi connectivity index (χ2n) is 4.87. The highest BCUT2D eigenvalue weighted by Crippen LogP contribution is 2.42. The van der Waals surface area contributed by atoms with Crippen molar-refractivity contribution in [2.75, 3.05) is 0 Å². The topological polar surface area (TPSA) is 17.1 Å². The predicted molar refractivity (Wildman–Crippen MR) is 71.0 cm³/mol. The van der Waals surface area contributed by atoms with Crippen molar-refractivity contribution in [3.05, 3.63) is 47.5 Å². The summed E-state index contributed by atoms with van der Waals surface area (Å²) < 4.78 is 0. The van der Waals surface area contributed by atoms with Gasteiger partial charge in [0.2, 0.25) is 0 Å². The Morgan fingerprint density at radius 1 is 1.24 bits per heavy atom. The van der Waals surface area contributed by atoms with E-state index in [1.807, 2.05) is 25.1 Å². The molecule has 1 fully saturated rings. The van der Waals surface area contributed by atoms with Gasteiger partial charge in [0.1, 0.15) is 5.78 Å². The van der Waals surface area contributed by atoms with Gasteiger partial charge in [-0.05, 0) is 32.3 Å². The van der Waals surface area contributed by atoms with Gasteiger partial charge in [-0.25, -0.2) is 0 Å². The van der Waals surface area contributed by atoms with Gasteiger partial charge in [-0.3, -0.25) is 4.79 Å². The van der Waals surface area contributed by atoms with Crippen molar-refractivity contribution in [1.29, 1.82) is 0 Å². The van der Waals surface area contributed by atoms with E-state index in [0.29, 0.717) is 5.78 Å². The molecular formula is C16H20O. The first-order chi connectivity index (χ1) is 8.21. The van der Waals surface area contributed by atoms with Crippen LogP contribution in [0.3, 0.4) is 0 Å². The molecule has 1 unspecified atom stereocenters. The van der Waals surface area contributed by atoms with Gasteiger partial charge in [0.15, 0.2) is 0 Å². The summed E-state index contributed by atoms with van der Waals surface area (Å²) in [6, 6.07) is 10.3. The van der Waals surface area contributed by atoms with Crippen molar-refractivity contribution in [2.24, 2.45) is 0 Å². The van der Waals surface area contributed by atoms with Crippen LogP contribution in [0.15, 0.2) is 42.0 Å². The molecule has 0 radical (unpaired) electrons. The lowest BCUT2D eigenvalue weighted by Crippen LogP contribution is -2.39. The number of Topliss-reactive ketones (excluding diaryl/α,β-unsaturated/α-hetero) is 1. The quantitative estimate of drug-likeness (QED) is 0.698. The molecule has 90 valence electrons. The average Bonchev–Trinajstić information content (AvgIpc) is 2.39. The fraction of sp³-hybridized carbons (Fsp3) is 0.438. The largest absolute Gasteiger partial charge is 0.298 e. The first kappa shape index (κ1) is 12.1. The Bertz CT molecular complexity index is 430. The van der Waals surface area contributed by atoms with Crippen LogP contribution >= 0.6 is 0 Å². The molecule has 0 aliphatic heterocycles. The minimum absolute atomic E-state index is 0.339. The van der Waals surface area contributed by atoms with Gasteiger partial charge < -0.3 is 0 Å². The van der Waals surface area contributed by atoms with Gasteiger partial charge in [0, 0.05) is 6.42 Å². The molecule has 0 saturated heterocycles. The molecular weight excluding hydrogens is 208 g/mol. The zero-order valence-electron chi connectivity index (χ0n) is 10.7. The van der Waals surface area contributed by atoms with Crippen LogP contribution in [0.2, 0.25) is 0 Å². The molecule has 0 N–H and O–H groups in total.